The first-order chi connectivity index (χ1) is 4.77. The maximum absolute atomic E-state index is 9.99. The minimum atomic E-state index is -0.730. The topological polar surface area (TPSA) is 52.3 Å². The predicted molar refractivity (Wildman–Crippen MR) is 39.5 cm³/mol. The maximum Gasteiger partial charge on any atom is 0.404 e. The summed E-state index contributed by atoms with van der Waals surface area (Å²) in [6.07, 6.45) is 5.23. The van der Waals surface area contributed by atoms with Crippen LogP contribution in [-0.2, 0) is 4.74 Å². The van der Waals surface area contributed by atoms with Gasteiger partial charge < -0.3 is 10.5 Å². The van der Waals surface area contributed by atoms with E-state index >= 15 is 0 Å². The lowest BCUT2D eigenvalue weighted by Gasteiger charge is -1.94. The van der Waals surface area contributed by atoms with E-state index in [4.69, 9.17) is 5.73 Å². The van der Waals surface area contributed by atoms with Crippen LogP contribution in [0.4, 0.5) is 4.79 Å². The molecule has 0 spiro atoms. The van der Waals surface area contributed by atoms with E-state index in [2.05, 4.69) is 11.3 Å². The number of carbonyl (C=O) groups is 1. The van der Waals surface area contributed by atoms with Gasteiger partial charge in [-0.1, -0.05) is 24.8 Å². The summed E-state index contributed by atoms with van der Waals surface area (Å²) in [5.41, 5.74) is 4.70. The minimum absolute atomic E-state index is 0.333. The lowest BCUT2D eigenvalue weighted by Crippen LogP contribution is -2.13. The second-order valence-corrected chi connectivity index (χ2v) is 1.62. The Labute approximate surface area is 60.2 Å². The van der Waals surface area contributed by atoms with Crippen LogP contribution in [0.2, 0.25) is 0 Å². The first-order valence-electron chi connectivity index (χ1n) is 2.97. The molecule has 0 aromatic rings. The molecule has 3 nitrogen and oxygen atoms in total. The molecule has 0 radical (unpaired) electrons. The highest BCUT2D eigenvalue weighted by Crippen LogP contribution is 1.84. The molecular weight excluding hydrogens is 130 g/mol. The van der Waals surface area contributed by atoms with Crippen molar-refractivity contribution in [2.24, 2.45) is 5.73 Å². The Hall–Kier alpha value is -1.25. The molecule has 0 aliphatic heterocycles. The number of ether oxygens (including phenoxy) is 1. The largest absolute Gasteiger partial charge is 0.449 e. The SMILES string of the molecule is C=CC=CCCOC(N)=O. The molecule has 0 saturated heterocycles. The highest BCUT2D eigenvalue weighted by molar-refractivity contribution is 5.64. The van der Waals surface area contributed by atoms with E-state index in [0.717, 1.165) is 0 Å². The van der Waals surface area contributed by atoms with Crippen molar-refractivity contribution < 1.29 is 9.53 Å². The lowest BCUT2D eigenvalue weighted by atomic mass is 10.4. The number of nitrogens with two attached hydrogens (primary N) is 1. The van der Waals surface area contributed by atoms with Crippen molar-refractivity contribution in [2.75, 3.05) is 6.61 Å². The molecule has 0 unspecified atom stereocenters. The fraction of sp³-hybridized carbons (Fsp3) is 0.286. The average Bonchev–Trinajstić information content (AvgIpc) is 1.87. The lowest BCUT2D eigenvalue weighted by molar-refractivity contribution is 0.159. The molecule has 0 aromatic heterocycles. The van der Waals surface area contributed by atoms with E-state index in [1.165, 1.54) is 0 Å². The summed E-state index contributed by atoms with van der Waals surface area (Å²) in [5.74, 6) is 0. The van der Waals surface area contributed by atoms with Gasteiger partial charge in [0.2, 0.25) is 0 Å². The van der Waals surface area contributed by atoms with Crippen molar-refractivity contribution in [1.29, 1.82) is 0 Å². The Balaban J connectivity index is 3.12. The molecule has 0 atom stereocenters. The molecule has 56 valence electrons. The van der Waals surface area contributed by atoms with Crippen LogP contribution in [0.25, 0.3) is 0 Å². The van der Waals surface area contributed by atoms with Crippen LogP contribution in [0.1, 0.15) is 6.42 Å². The number of rotatable bonds is 4. The van der Waals surface area contributed by atoms with E-state index in [1.54, 1.807) is 12.2 Å². The van der Waals surface area contributed by atoms with Gasteiger partial charge in [-0.2, -0.15) is 0 Å². The molecule has 1 amide bonds. The number of hydrogen-bond acceptors (Lipinski definition) is 2. The Morgan fingerprint density at radius 2 is 2.40 bits per heavy atom. The number of hydrogen-bond donors (Lipinski definition) is 1. The molecule has 2 N–H and O–H groups in total. The summed E-state index contributed by atoms with van der Waals surface area (Å²) < 4.78 is 4.44. The molecule has 0 rings (SSSR count). The second kappa shape index (κ2) is 5.88. The maximum atomic E-state index is 9.99. The van der Waals surface area contributed by atoms with Crippen LogP contribution < -0.4 is 5.73 Å². The van der Waals surface area contributed by atoms with Crippen molar-refractivity contribution in [2.45, 2.75) is 6.42 Å². The predicted octanol–water partition coefficient (Wildman–Crippen LogP) is 1.21. The fourth-order valence-electron chi connectivity index (χ4n) is 0.420. The zero-order valence-corrected chi connectivity index (χ0v) is 5.75. The van der Waals surface area contributed by atoms with Crippen LogP contribution in [0.15, 0.2) is 24.8 Å². The molecule has 10 heavy (non-hydrogen) atoms. The van der Waals surface area contributed by atoms with Gasteiger partial charge in [-0.15, -0.1) is 0 Å². The summed E-state index contributed by atoms with van der Waals surface area (Å²) in [5, 5.41) is 0. The molecule has 0 heterocycles. The average molecular weight is 141 g/mol. The monoisotopic (exact) mass is 141 g/mol. The molecular formula is C7H11NO2. The number of carbonyl (C=O) groups excluding carboxylic acids is 1. The van der Waals surface area contributed by atoms with Crippen LogP contribution in [-0.4, -0.2) is 12.7 Å². The summed E-state index contributed by atoms with van der Waals surface area (Å²) in [4.78, 5) is 9.99. The van der Waals surface area contributed by atoms with Gasteiger partial charge in [-0.05, 0) is 6.42 Å². The van der Waals surface area contributed by atoms with Gasteiger partial charge in [0.25, 0.3) is 0 Å². The molecule has 0 bridgehead atoms. The van der Waals surface area contributed by atoms with Crippen molar-refractivity contribution in [3.8, 4) is 0 Å². The zero-order valence-electron chi connectivity index (χ0n) is 5.75. The van der Waals surface area contributed by atoms with Gasteiger partial charge in [0.15, 0.2) is 0 Å². The van der Waals surface area contributed by atoms with E-state index in [0.29, 0.717) is 13.0 Å². The minimum Gasteiger partial charge on any atom is -0.449 e. The van der Waals surface area contributed by atoms with Gasteiger partial charge in [0, 0.05) is 0 Å². The molecule has 0 aliphatic rings. The standard InChI is InChI=1S/C7H11NO2/c1-2-3-4-5-6-10-7(8)9/h2-4H,1,5-6H2,(H2,8,9). The van der Waals surface area contributed by atoms with Crippen LogP contribution >= 0.6 is 0 Å². The van der Waals surface area contributed by atoms with E-state index < -0.39 is 6.09 Å². The Kier molecular flexibility index (Phi) is 5.14. The number of primary amides is 1. The Bertz CT molecular complexity index is 141. The summed E-state index contributed by atoms with van der Waals surface area (Å²) in [7, 11) is 0. The van der Waals surface area contributed by atoms with E-state index in [9.17, 15) is 4.79 Å². The third kappa shape index (κ3) is 6.75. The molecule has 0 aliphatic carbocycles. The van der Waals surface area contributed by atoms with Crippen molar-refractivity contribution in [3.05, 3.63) is 24.8 Å². The molecule has 0 aromatic carbocycles. The van der Waals surface area contributed by atoms with Gasteiger partial charge in [0.1, 0.15) is 0 Å². The van der Waals surface area contributed by atoms with Crippen molar-refractivity contribution in [3.63, 3.8) is 0 Å². The summed E-state index contributed by atoms with van der Waals surface area (Å²) in [6, 6.07) is 0. The molecule has 3 heteroatoms. The van der Waals surface area contributed by atoms with Crippen LogP contribution in [0.3, 0.4) is 0 Å². The van der Waals surface area contributed by atoms with Gasteiger partial charge in [0.05, 0.1) is 6.61 Å². The summed E-state index contributed by atoms with van der Waals surface area (Å²) >= 11 is 0. The van der Waals surface area contributed by atoms with Crippen molar-refractivity contribution in [1.82, 2.24) is 0 Å². The van der Waals surface area contributed by atoms with Gasteiger partial charge in [-0.25, -0.2) is 4.79 Å². The highest BCUT2D eigenvalue weighted by atomic mass is 16.5. The highest BCUT2D eigenvalue weighted by Gasteiger charge is 1.88. The number of amides is 1. The quantitative estimate of drug-likeness (QED) is 0.472. The Morgan fingerprint density at radius 1 is 1.70 bits per heavy atom. The third-order valence-corrected chi connectivity index (χ3v) is 0.801. The summed E-state index contributed by atoms with van der Waals surface area (Å²) in [6.45, 7) is 3.81. The van der Waals surface area contributed by atoms with Gasteiger partial charge in [-0.3, -0.25) is 0 Å². The van der Waals surface area contributed by atoms with Crippen LogP contribution in [0.5, 0.6) is 0 Å². The van der Waals surface area contributed by atoms with E-state index in [1.807, 2.05) is 6.08 Å². The first kappa shape index (κ1) is 8.75. The third-order valence-electron chi connectivity index (χ3n) is 0.801. The Morgan fingerprint density at radius 3 is 2.90 bits per heavy atom. The molecule has 0 saturated carbocycles. The van der Waals surface area contributed by atoms with Crippen LogP contribution in [0, 0.1) is 0 Å². The fourth-order valence-corrected chi connectivity index (χ4v) is 0.420. The smallest absolute Gasteiger partial charge is 0.404 e. The van der Waals surface area contributed by atoms with E-state index in [-0.39, 0.29) is 0 Å². The second-order valence-electron chi connectivity index (χ2n) is 1.62. The first-order valence-corrected chi connectivity index (χ1v) is 2.97. The molecule has 0 fully saturated rings. The number of allylic oxidation sites excluding steroid dienone is 2. The van der Waals surface area contributed by atoms with Crippen molar-refractivity contribution >= 4 is 6.09 Å². The zero-order chi connectivity index (χ0) is 7.82. The van der Waals surface area contributed by atoms with Gasteiger partial charge >= 0.3 is 6.09 Å². The normalized spacial score (nSPS) is 9.60.